The topological polar surface area (TPSA) is 21.3 Å². The van der Waals surface area contributed by atoms with Crippen LogP contribution in [-0.2, 0) is 11.2 Å². The van der Waals surface area contributed by atoms with Crippen LogP contribution >= 0.6 is 0 Å². The molecule has 1 aromatic carbocycles. The Labute approximate surface area is 124 Å². The molecule has 1 aromatic rings. The fourth-order valence-electron chi connectivity index (χ4n) is 2.57. The summed E-state index contributed by atoms with van der Waals surface area (Å²) < 4.78 is 5.29. The molecule has 0 amide bonds. The van der Waals surface area contributed by atoms with Crippen molar-refractivity contribution < 1.29 is 4.74 Å². The first kappa shape index (κ1) is 17.2. The number of methoxy groups -OCH3 is 1. The molecule has 0 aliphatic carbocycles. The summed E-state index contributed by atoms with van der Waals surface area (Å²) in [5, 5.41) is 3.67. The lowest BCUT2D eigenvalue weighted by Gasteiger charge is -2.23. The Balaban J connectivity index is 2.54. The summed E-state index contributed by atoms with van der Waals surface area (Å²) in [5.41, 5.74) is 2.81. The van der Waals surface area contributed by atoms with Crippen LogP contribution in [0, 0.1) is 0 Å². The average molecular weight is 277 g/mol. The second-order valence-electron chi connectivity index (χ2n) is 5.67. The molecule has 0 aliphatic rings. The molecule has 0 aromatic heterocycles. The lowest BCUT2D eigenvalue weighted by Crippen LogP contribution is -2.35. The van der Waals surface area contributed by atoms with Gasteiger partial charge in [-0.3, -0.25) is 0 Å². The van der Waals surface area contributed by atoms with E-state index in [0.29, 0.717) is 12.1 Å². The molecular formula is C18H31NO. The third kappa shape index (κ3) is 6.06. The van der Waals surface area contributed by atoms with E-state index in [9.17, 15) is 0 Å². The lowest BCUT2D eigenvalue weighted by atomic mass is 10.0. The summed E-state index contributed by atoms with van der Waals surface area (Å²) in [6, 6.07) is 9.89. The Hall–Kier alpha value is -0.860. The quantitative estimate of drug-likeness (QED) is 0.680. The third-order valence-electron chi connectivity index (χ3n) is 3.79. The van der Waals surface area contributed by atoms with Crippen molar-refractivity contribution in [3.8, 4) is 0 Å². The highest BCUT2D eigenvalue weighted by Gasteiger charge is 2.12. The van der Waals surface area contributed by atoms with Crippen LogP contribution in [-0.4, -0.2) is 19.8 Å². The normalized spacial score (nSPS) is 14.2. The van der Waals surface area contributed by atoms with E-state index in [0.717, 1.165) is 13.0 Å². The number of hydrogen-bond acceptors (Lipinski definition) is 2. The van der Waals surface area contributed by atoms with Crippen molar-refractivity contribution in [2.75, 3.05) is 13.7 Å². The SMILES string of the molecule is CCCCc1ccc(C(C)NC(CCC)COC)cc1. The minimum Gasteiger partial charge on any atom is -0.383 e. The molecule has 1 rings (SSSR count). The maximum Gasteiger partial charge on any atom is 0.0616 e. The van der Waals surface area contributed by atoms with Crippen molar-refractivity contribution in [2.24, 2.45) is 0 Å². The molecule has 0 spiro atoms. The largest absolute Gasteiger partial charge is 0.383 e. The molecule has 0 aliphatic heterocycles. The van der Waals surface area contributed by atoms with Crippen LogP contribution in [0.1, 0.15) is 63.6 Å². The zero-order valence-corrected chi connectivity index (χ0v) is 13.6. The van der Waals surface area contributed by atoms with Crippen molar-refractivity contribution in [3.63, 3.8) is 0 Å². The minimum atomic E-state index is 0.377. The van der Waals surface area contributed by atoms with E-state index in [-0.39, 0.29) is 0 Å². The van der Waals surface area contributed by atoms with E-state index in [1.54, 1.807) is 7.11 Å². The van der Waals surface area contributed by atoms with Gasteiger partial charge in [0.25, 0.3) is 0 Å². The van der Waals surface area contributed by atoms with Gasteiger partial charge in [0.15, 0.2) is 0 Å². The summed E-state index contributed by atoms with van der Waals surface area (Å²) in [6.07, 6.45) is 6.08. The Morgan fingerprint density at radius 1 is 1.10 bits per heavy atom. The van der Waals surface area contributed by atoms with E-state index in [1.165, 1.54) is 36.8 Å². The van der Waals surface area contributed by atoms with Crippen LogP contribution in [0.2, 0.25) is 0 Å². The Kier molecular flexibility index (Phi) is 8.56. The Morgan fingerprint density at radius 3 is 2.35 bits per heavy atom. The first-order chi connectivity index (χ1) is 9.71. The summed E-state index contributed by atoms with van der Waals surface area (Å²) in [7, 11) is 1.78. The van der Waals surface area contributed by atoms with Gasteiger partial charge in [0.1, 0.15) is 0 Å². The van der Waals surface area contributed by atoms with Crippen molar-refractivity contribution in [2.45, 2.75) is 65.0 Å². The fraction of sp³-hybridized carbons (Fsp3) is 0.667. The van der Waals surface area contributed by atoms with E-state index in [2.05, 4.69) is 50.4 Å². The average Bonchev–Trinajstić information content (AvgIpc) is 2.46. The van der Waals surface area contributed by atoms with Crippen LogP contribution in [0.5, 0.6) is 0 Å². The number of rotatable bonds is 10. The Bertz CT molecular complexity index is 341. The first-order valence-electron chi connectivity index (χ1n) is 8.05. The van der Waals surface area contributed by atoms with Gasteiger partial charge in [-0.2, -0.15) is 0 Å². The van der Waals surface area contributed by atoms with Gasteiger partial charge >= 0.3 is 0 Å². The van der Waals surface area contributed by atoms with Crippen LogP contribution in [0.3, 0.4) is 0 Å². The van der Waals surface area contributed by atoms with Crippen LogP contribution < -0.4 is 5.32 Å². The summed E-state index contributed by atoms with van der Waals surface area (Å²) in [5.74, 6) is 0. The highest BCUT2D eigenvalue weighted by atomic mass is 16.5. The number of benzene rings is 1. The zero-order chi connectivity index (χ0) is 14.8. The third-order valence-corrected chi connectivity index (χ3v) is 3.79. The van der Waals surface area contributed by atoms with Crippen LogP contribution in [0.25, 0.3) is 0 Å². The zero-order valence-electron chi connectivity index (χ0n) is 13.6. The predicted molar refractivity (Wildman–Crippen MR) is 87.2 cm³/mol. The summed E-state index contributed by atoms with van der Waals surface area (Å²) in [6.45, 7) is 7.48. The summed E-state index contributed by atoms with van der Waals surface area (Å²) in [4.78, 5) is 0. The van der Waals surface area contributed by atoms with Gasteiger partial charge in [-0.25, -0.2) is 0 Å². The number of nitrogens with one attached hydrogen (secondary N) is 1. The fourth-order valence-corrected chi connectivity index (χ4v) is 2.57. The Morgan fingerprint density at radius 2 is 1.80 bits per heavy atom. The van der Waals surface area contributed by atoms with Crippen molar-refractivity contribution >= 4 is 0 Å². The molecule has 1 N–H and O–H groups in total. The molecule has 20 heavy (non-hydrogen) atoms. The van der Waals surface area contributed by atoms with Gasteiger partial charge in [-0.1, -0.05) is 51.0 Å². The molecule has 0 fully saturated rings. The second kappa shape index (κ2) is 9.95. The second-order valence-corrected chi connectivity index (χ2v) is 5.67. The van der Waals surface area contributed by atoms with E-state index in [1.807, 2.05) is 0 Å². The standard InChI is InChI=1S/C18H31NO/c1-5-7-9-16-10-12-17(13-11-16)15(3)19-18(8-6-2)14-20-4/h10-13,15,18-19H,5-9,14H2,1-4H3. The van der Waals surface area contributed by atoms with E-state index >= 15 is 0 Å². The highest BCUT2D eigenvalue weighted by Crippen LogP contribution is 2.16. The molecule has 0 radical (unpaired) electrons. The molecule has 0 bridgehead atoms. The van der Waals surface area contributed by atoms with E-state index < -0.39 is 0 Å². The maximum atomic E-state index is 5.29. The van der Waals surface area contributed by atoms with Gasteiger partial charge in [0, 0.05) is 19.2 Å². The molecule has 0 saturated carbocycles. The number of hydrogen-bond donors (Lipinski definition) is 1. The highest BCUT2D eigenvalue weighted by molar-refractivity contribution is 5.24. The molecule has 0 saturated heterocycles. The molecule has 2 heteroatoms. The molecule has 114 valence electrons. The maximum absolute atomic E-state index is 5.29. The van der Waals surface area contributed by atoms with Gasteiger partial charge in [0.05, 0.1) is 6.61 Å². The summed E-state index contributed by atoms with van der Waals surface area (Å²) >= 11 is 0. The molecule has 2 nitrogen and oxygen atoms in total. The number of aryl methyl sites for hydroxylation is 1. The first-order valence-corrected chi connectivity index (χ1v) is 8.05. The smallest absolute Gasteiger partial charge is 0.0616 e. The predicted octanol–water partition coefficient (Wildman–Crippen LogP) is 4.49. The van der Waals surface area contributed by atoms with Gasteiger partial charge in [-0.05, 0) is 37.3 Å². The molecule has 2 unspecified atom stereocenters. The van der Waals surface area contributed by atoms with Crippen molar-refractivity contribution in [3.05, 3.63) is 35.4 Å². The van der Waals surface area contributed by atoms with Gasteiger partial charge < -0.3 is 10.1 Å². The van der Waals surface area contributed by atoms with E-state index in [4.69, 9.17) is 4.74 Å². The van der Waals surface area contributed by atoms with Crippen LogP contribution in [0.15, 0.2) is 24.3 Å². The monoisotopic (exact) mass is 277 g/mol. The molecule has 2 atom stereocenters. The molecular weight excluding hydrogens is 246 g/mol. The van der Waals surface area contributed by atoms with Crippen molar-refractivity contribution in [1.82, 2.24) is 5.32 Å². The van der Waals surface area contributed by atoms with Gasteiger partial charge in [0.2, 0.25) is 0 Å². The van der Waals surface area contributed by atoms with Crippen LogP contribution in [0.4, 0.5) is 0 Å². The molecule has 0 heterocycles. The lowest BCUT2D eigenvalue weighted by molar-refractivity contribution is 0.157. The van der Waals surface area contributed by atoms with Crippen molar-refractivity contribution in [1.29, 1.82) is 0 Å². The number of ether oxygens (including phenoxy) is 1. The van der Waals surface area contributed by atoms with Gasteiger partial charge in [-0.15, -0.1) is 0 Å². The number of unbranched alkanes of at least 4 members (excludes halogenated alkanes) is 1. The minimum absolute atomic E-state index is 0.377.